The highest BCUT2D eigenvalue weighted by molar-refractivity contribution is 5.96. The minimum Gasteiger partial charge on any atom is -0.395 e. The number of hydrogen-bond acceptors (Lipinski definition) is 3. The van der Waals surface area contributed by atoms with Crippen LogP contribution in [0.25, 0.3) is 0 Å². The Hall–Kier alpha value is -1.33. The van der Waals surface area contributed by atoms with Gasteiger partial charge in [0.2, 0.25) is 0 Å². The van der Waals surface area contributed by atoms with Crippen LogP contribution in [0.3, 0.4) is 0 Å². The molecule has 3 nitrogen and oxygen atoms in total. The first-order valence-corrected chi connectivity index (χ1v) is 7.45. The number of Topliss-reactive ketones (excluding diaryl/α,β-unsaturated/α-hetero) is 1. The van der Waals surface area contributed by atoms with Crippen LogP contribution in [-0.4, -0.2) is 41.5 Å². The van der Waals surface area contributed by atoms with E-state index in [4.69, 9.17) is 5.11 Å². The van der Waals surface area contributed by atoms with Gasteiger partial charge in [-0.15, -0.1) is 0 Å². The standard InChI is InChI=1S/C16H21F2NO2/c17-14-7-3-6-13(16(14)18)15(21)8-9-19(10-11-20)12-4-1-2-5-12/h3,6-7,12,20H,1-2,4-5,8-11H2. The third kappa shape index (κ3) is 4.08. The number of rotatable bonds is 7. The molecule has 21 heavy (non-hydrogen) atoms. The quantitative estimate of drug-likeness (QED) is 0.787. The van der Waals surface area contributed by atoms with Gasteiger partial charge in [-0.05, 0) is 25.0 Å². The van der Waals surface area contributed by atoms with Gasteiger partial charge in [-0.2, -0.15) is 0 Å². The number of nitrogens with zero attached hydrogens (tertiary/aromatic N) is 1. The fourth-order valence-corrected chi connectivity index (χ4v) is 2.97. The summed E-state index contributed by atoms with van der Waals surface area (Å²) in [5, 5.41) is 9.12. The number of benzene rings is 1. The van der Waals surface area contributed by atoms with Crippen LogP contribution in [0.4, 0.5) is 8.78 Å². The van der Waals surface area contributed by atoms with E-state index in [1.54, 1.807) is 0 Å². The molecule has 0 spiro atoms. The molecule has 2 rings (SSSR count). The van der Waals surface area contributed by atoms with Crippen LogP contribution in [0, 0.1) is 11.6 Å². The highest BCUT2D eigenvalue weighted by Crippen LogP contribution is 2.23. The third-order valence-corrected chi connectivity index (χ3v) is 4.11. The summed E-state index contributed by atoms with van der Waals surface area (Å²) >= 11 is 0. The second kappa shape index (κ2) is 7.61. The molecule has 0 aliphatic heterocycles. The summed E-state index contributed by atoms with van der Waals surface area (Å²) in [5.74, 6) is -2.46. The molecular weight excluding hydrogens is 276 g/mol. The van der Waals surface area contributed by atoms with E-state index in [1.807, 2.05) is 0 Å². The molecule has 0 bridgehead atoms. The van der Waals surface area contributed by atoms with Crippen molar-refractivity contribution in [1.29, 1.82) is 0 Å². The first kappa shape index (κ1) is 16.0. The topological polar surface area (TPSA) is 40.5 Å². The van der Waals surface area contributed by atoms with Gasteiger partial charge >= 0.3 is 0 Å². The molecule has 116 valence electrons. The highest BCUT2D eigenvalue weighted by atomic mass is 19.2. The lowest BCUT2D eigenvalue weighted by Gasteiger charge is -2.27. The molecule has 0 amide bonds. The summed E-state index contributed by atoms with van der Waals surface area (Å²) in [5.41, 5.74) is -0.189. The van der Waals surface area contributed by atoms with E-state index in [9.17, 15) is 13.6 Å². The zero-order chi connectivity index (χ0) is 15.2. The maximum Gasteiger partial charge on any atom is 0.169 e. The van der Waals surface area contributed by atoms with Gasteiger partial charge in [-0.1, -0.05) is 18.9 Å². The van der Waals surface area contributed by atoms with E-state index >= 15 is 0 Å². The first-order valence-electron chi connectivity index (χ1n) is 7.45. The zero-order valence-electron chi connectivity index (χ0n) is 12.0. The lowest BCUT2D eigenvalue weighted by Crippen LogP contribution is -2.37. The summed E-state index contributed by atoms with van der Waals surface area (Å²) in [6.45, 7) is 1.03. The van der Waals surface area contributed by atoms with Gasteiger partial charge in [0.1, 0.15) is 0 Å². The lowest BCUT2D eigenvalue weighted by atomic mass is 10.1. The van der Waals surface area contributed by atoms with Gasteiger partial charge in [-0.25, -0.2) is 8.78 Å². The van der Waals surface area contributed by atoms with Gasteiger partial charge in [0, 0.05) is 25.6 Å². The number of carbonyl (C=O) groups is 1. The van der Waals surface area contributed by atoms with Gasteiger partial charge in [0.15, 0.2) is 17.4 Å². The SMILES string of the molecule is O=C(CCN(CCO)C1CCCC1)c1cccc(F)c1F. The normalized spacial score (nSPS) is 15.8. The maximum atomic E-state index is 13.6. The second-order valence-corrected chi connectivity index (χ2v) is 5.47. The Morgan fingerprint density at radius 1 is 1.24 bits per heavy atom. The van der Waals surface area contributed by atoms with Crippen LogP contribution >= 0.6 is 0 Å². The Bertz CT molecular complexity index is 487. The summed E-state index contributed by atoms with van der Waals surface area (Å²) in [4.78, 5) is 14.1. The Kier molecular flexibility index (Phi) is 5.82. The lowest BCUT2D eigenvalue weighted by molar-refractivity contribution is 0.0929. The van der Waals surface area contributed by atoms with E-state index in [0.29, 0.717) is 19.1 Å². The molecule has 0 radical (unpaired) electrons. The van der Waals surface area contributed by atoms with Crippen LogP contribution < -0.4 is 0 Å². The average Bonchev–Trinajstić information content (AvgIpc) is 3.00. The fourth-order valence-electron chi connectivity index (χ4n) is 2.97. The van der Waals surface area contributed by atoms with Gasteiger partial charge in [0.05, 0.1) is 12.2 Å². The Morgan fingerprint density at radius 2 is 1.95 bits per heavy atom. The molecule has 0 heterocycles. The predicted molar refractivity (Wildman–Crippen MR) is 76.2 cm³/mol. The number of hydrogen-bond donors (Lipinski definition) is 1. The monoisotopic (exact) mass is 297 g/mol. The number of aliphatic hydroxyl groups is 1. The van der Waals surface area contributed by atoms with Crippen molar-refractivity contribution in [2.45, 2.75) is 38.1 Å². The minimum atomic E-state index is -1.07. The molecule has 1 aromatic rings. The minimum absolute atomic E-state index is 0.0407. The largest absolute Gasteiger partial charge is 0.395 e. The van der Waals surface area contributed by atoms with Crippen LogP contribution in [0.1, 0.15) is 42.5 Å². The van der Waals surface area contributed by atoms with Crippen LogP contribution in [-0.2, 0) is 0 Å². The van der Waals surface area contributed by atoms with Gasteiger partial charge < -0.3 is 5.11 Å². The van der Waals surface area contributed by atoms with Crippen molar-refractivity contribution >= 4 is 5.78 Å². The molecule has 5 heteroatoms. The summed E-state index contributed by atoms with van der Waals surface area (Å²) in [7, 11) is 0. The number of ketones is 1. The molecular formula is C16H21F2NO2. The fraction of sp³-hybridized carbons (Fsp3) is 0.562. The van der Waals surface area contributed by atoms with E-state index in [-0.39, 0.29) is 18.6 Å². The highest BCUT2D eigenvalue weighted by Gasteiger charge is 2.23. The summed E-state index contributed by atoms with van der Waals surface area (Å²) < 4.78 is 26.7. The number of halogens is 2. The third-order valence-electron chi connectivity index (χ3n) is 4.11. The van der Waals surface area contributed by atoms with E-state index in [1.165, 1.54) is 25.0 Å². The average molecular weight is 297 g/mol. The van der Waals surface area contributed by atoms with Crippen molar-refractivity contribution in [3.63, 3.8) is 0 Å². The van der Waals surface area contributed by atoms with Crippen LogP contribution in [0.15, 0.2) is 18.2 Å². The Morgan fingerprint density at radius 3 is 2.62 bits per heavy atom. The zero-order valence-corrected chi connectivity index (χ0v) is 12.0. The molecule has 1 aromatic carbocycles. The Balaban J connectivity index is 1.96. The smallest absolute Gasteiger partial charge is 0.169 e. The van der Waals surface area contributed by atoms with Gasteiger partial charge in [-0.3, -0.25) is 9.69 Å². The van der Waals surface area contributed by atoms with Gasteiger partial charge in [0.25, 0.3) is 0 Å². The summed E-state index contributed by atoms with van der Waals surface area (Å²) in [6.07, 6.45) is 4.61. The molecule has 1 aliphatic rings. The van der Waals surface area contributed by atoms with Crippen molar-refractivity contribution in [3.05, 3.63) is 35.4 Å². The van der Waals surface area contributed by atoms with Crippen molar-refractivity contribution in [1.82, 2.24) is 4.90 Å². The van der Waals surface area contributed by atoms with E-state index in [0.717, 1.165) is 18.9 Å². The molecule has 1 aliphatic carbocycles. The molecule has 1 saturated carbocycles. The Labute approximate surface area is 123 Å². The molecule has 0 atom stereocenters. The van der Waals surface area contributed by atoms with Crippen molar-refractivity contribution in [2.24, 2.45) is 0 Å². The number of aliphatic hydroxyl groups excluding tert-OH is 1. The van der Waals surface area contributed by atoms with Crippen molar-refractivity contribution in [2.75, 3.05) is 19.7 Å². The molecule has 1 fully saturated rings. The maximum absolute atomic E-state index is 13.6. The van der Waals surface area contributed by atoms with Crippen molar-refractivity contribution in [3.8, 4) is 0 Å². The molecule has 0 aromatic heterocycles. The van der Waals surface area contributed by atoms with E-state index in [2.05, 4.69) is 4.90 Å². The molecule has 0 unspecified atom stereocenters. The second-order valence-electron chi connectivity index (χ2n) is 5.47. The first-order chi connectivity index (χ1) is 10.1. The molecule has 0 saturated heterocycles. The number of carbonyl (C=O) groups excluding carboxylic acids is 1. The van der Waals surface area contributed by atoms with E-state index < -0.39 is 17.4 Å². The van der Waals surface area contributed by atoms with Crippen LogP contribution in [0.5, 0.6) is 0 Å². The van der Waals surface area contributed by atoms with Crippen LogP contribution in [0.2, 0.25) is 0 Å². The van der Waals surface area contributed by atoms with Crippen molar-refractivity contribution < 1.29 is 18.7 Å². The summed E-state index contributed by atoms with van der Waals surface area (Å²) in [6, 6.07) is 4.05. The molecule has 1 N–H and O–H groups in total. The predicted octanol–water partition coefficient (Wildman–Crippen LogP) is 2.77.